The molecule has 0 saturated heterocycles. The van der Waals surface area contributed by atoms with Crippen LogP contribution in [0.1, 0.15) is 5.56 Å². The van der Waals surface area contributed by atoms with Crippen LogP contribution in [0.2, 0.25) is 0 Å². The second-order valence-corrected chi connectivity index (χ2v) is 3.29. The van der Waals surface area contributed by atoms with E-state index in [0.717, 1.165) is 4.90 Å². The maximum absolute atomic E-state index is 9.90. The van der Waals surface area contributed by atoms with Crippen LogP contribution in [0.5, 0.6) is 0 Å². The van der Waals surface area contributed by atoms with Crippen LogP contribution in [0.4, 0.5) is 0 Å². The molecule has 0 heterocycles. The van der Waals surface area contributed by atoms with Gasteiger partial charge >= 0.3 is 0 Å². The van der Waals surface area contributed by atoms with E-state index in [-0.39, 0.29) is 0 Å². The van der Waals surface area contributed by atoms with E-state index in [9.17, 15) is 4.79 Å². The molecular weight excluding hydrogens is 156 g/mol. The zero-order chi connectivity index (χ0) is 8.10. The molecule has 1 aromatic rings. The fourth-order valence-electron chi connectivity index (χ4n) is 0.747. The van der Waals surface area contributed by atoms with Crippen molar-refractivity contribution in [3.63, 3.8) is 0 Å². The molecule has 1 rings (SSSR count). The molecule has 0 bridgehead atoms. The second-order valence-electron chi connectivity index (χ2n) is 2.25. The Balaban J connectivity index is 2.58. The van der Waals surface area contributed by atoms with Gasteiger partial charge in [-0.25, -0.2) is 0 Å². The van der Waals surface area contributed by atoms with Crippen LogP contribution in [-0.4, -0.2) is 12.0 Å². The van der Waals surface area contributed by atoms with Crippen LogP contribution in [0.3, 0.4) is 0 Å². The van der Waals surface area contributed by atoms with Crippen molar-refractivity contribution in [3.8, 4) is 0 Å². The first-order chi connectivity index (χ1) is 5.33. The Morgan fingerprint density at radius 3 is 2.55 bits per heavy atom. The van der Waals surface area contributed by atoms with Gasteiger partial charge in [0.05, 0.1) is 5.75 Å². The molecule has 2 heteroatoms. The summed E-state index contributed by atoms with van der Waals surface area (Å²) in [5, 5.41) is 0. The minimum atomic E-state index is 0.420. The molecule has 0 aliphatic heterocycles. The minimum absolute atomic E-state index is 0.420. The SMILES string of the molecule is Cc1ccc(SC[C]=O)cc1. The molecule has 0 aliphatic carbocycles. The molecule has 0 aromatic heterocycles. The number of thioether (sulfide) groups is 1. The van der Waals surface area contributed by atoms with Crippen LogP contribution in [0.25, 0.3) is 0 Å². The van der Waals surface area contributed by atoms with Crippen molar-refractivity contribution >= 4 is 18.0 Å². The predicted octanol–water partition coefficient (Wildman–Crippen LogP) is 2.20. The third-order valence-corrected chi connectivity index (χ3v) is 2.19. The van der Waals surface area contributed by atoms with Gasteiger partial charge in [0.2, 0.25) is 6.29 Å². The highest BCUT2D eigenvalue weighted by atomic mass is 32.2. The fraction of sp³-hybridized carbons (Fsp3) is 0.222. The Hall–Kier alpha value is -0.760. The molecule has 0 saturated carbocycles. The molecule has 0 N–H and O–H groups in total. The maximum Gasteiger partial charge on any atom is 0.209 e. The van der Waals surface area contributed by atoms with E-state index in [1.807, 2.05) is 37.5 Å². The molecule has 0 atom stereocenters. The third kappa shape index (κ3) is 2.76. The summed E-state index contributed by atoms with van der Waals surface area (Å²) in [6, 6.07) is 8.09. The van der Waals surface area contributed by atoms with Crippen LogP contribution in [0, 0.1) is 6.92 Å². The standard InChI is InChI=1S/C9H9OS/c1-8-2-4-9(5-3-8)11-7-6-10/h2-5H,7H2,1H3. The van der Waals surface area contributed by atoms with Gasteiger partial charge in [0.15, 0.2) is 0 Å². The van der Waals surface area contributed by atoms with E-state index in [1.54, 1.807) is 0 Å². The van der Waals surface area contributed by atoms with Crippen molar-refractivity contribution in [2.24, 2.45) is 0 Å². The zero-order valence-corrected chi connectivity index (χ0v) is 7.15. The number of aryl methyl sites for hydroxylation is 1. The molecule has 0 amide bonds. The topological polar surface area (TPSA) is 17.1 Å². The Morgan fingerprint density at radius 2 is 2.00 bits per heavy atom. The second kappa shape index (κ2) is 4.19. The molecule has 11 heavy (non-hydrogen) atoms. The van der Waals surface area contributed by atoms with Crippen molar-refractivity contribution in [2.45, 2.75) is 11.8 Å². The summed E-state index contributed by atoms with van der Waals surface area (Å²) in [6.45, 7) is 2.04. The minimum Gasteiger partial charge on any atom is -0.290 e. The van der Waals surface area contributed by atoms with E-state index in [1.165, 1.54) is 17.3 Å². The molecule has 1 aromatic carbocycles. The van der Waals surface area contributed by atoms with Gasteiger partial charge in [-0.05, 0) is 19.1 Å². The van der Waals surface area contributed by atoms with Crippen molar-refractivity contribution in [2.75, 3.05) is 5.75 Å². The van der Waals surface area contributed by atoms with Crippen LogP contribution in [0.15, 0.2) is 29.2 Å². The summed E-state index contributed by atoms with van der Waals surface area (Å²) in [7, 11) is 0. The number of carbonyl (C=O) groups excluding carboxylic acids is 1. The van der Waals surface area contributed by atoms with E-state index >= 15 is 0 Å². The van der Waals surface area contributed by atoms with E-state index in [2.05, 4.69) is 0 Å². The van der Waals surface area contributed by atoms with Crippen LogP contribution >= 0.6 is 11.8 Å². The normalized spacial score (nSPS) is 9.55. The van der Waals surface area contributed by atoms with Gasteiger partial charge in [-0.1, -0.05) is 17.7 Å². The first-order valence-electron chi connectivity index (χ1n) is 3.37. The molecule has 0 spiro atoms. The molecule has 0 fully saturated rings. The summed E-state index contributed by atoms with van der Waals surface area (Å²) in [6.07, 6.45) is 1.84. The largest absolute Gasteiger partial charge is 0.290 e. The Morgan fingerprint density at radius 1 is 1.36 bits per heavy atom. The Kier molecular flexibility index (Phi) is 3.17. The van der Waals surface area contributed by atoms with Crippen molar-refractivity contribution in [1.29, 1.82) is 0 Å². The molecule has 0 aliphatic rings. The third-order valence-electron chi connectivity index (χ3n) is 1.32. The number of hydrogen-bond donors (Lipinski definition) is 0. The van der Waals surface area contributed by atoms with Gasteiger partial charge in [-0.2, -0.15) is 0 Å². The van der Waals surface area contributed by atoms with Crippen molar-refractivity contribution < 1.29 is 4.79 Å². The fourth-order valence-corrected chi connectivity index (χ4v) is 1.30. The smallest absolute Gasteiger partial charge is 0.209 e. The predicted molar refractivity (Wildman–Crippen MR) is 47.6 cm³/mol. The van der Waals surface area contributed by atoms with Gasteiger partial charge < -0.3 is 0 Å². The Bertz CT molecular complexity index is 228. The van der Waals surface area contributed by atoms with E-state index < -0.39 is 0 Å². The molecule has 57 valence electrons. The van der Waals surface area contributed by atoms with Gasteiger partial charge in [-0.3, -0.25) is 4.79 Å². The first kappa shape index (κ1) is 8.34. The van der Waals surface area contributed by atoms with E-state index in [0.29, 0.717) is 5.75 Å². The van der Waals surface area contributed by atoms with Crippen LogP contribution < -0.4 is 0 Å². The monoisotopic (exact) mass is 165 g/mol. The van der Waals surface area contributed by atoms with Crippen molar-refractivity contribution in [1.82, 2.24) is 0 Å². The summed E-state index contributed by atoms with van der Waals surface area (Å²) >= 11 is 1.51. The summed E-state index contributed by atoms with van der Waals surface area (Å²) in [5.74, 6) is 0.420. The highest BCUT2D eigenvalue weighted by molar-refractivity contribution is 7.99. The van der Waals surface area contributed by atoms with Gasteiger partial charge in [-0.15, -0.1) is 11.8 Å². The Labute approximate surface area is 70.8 Å². The molecule has 1 radical (unpaired) electrons. The van der Waals surface area contributed by atoms with Gasteiger partial charge in [0, 0.05) is 4.90 Å². The zero-order valence-electron chi connectivity index (χ0n) is 6.33. The van der Waals surface area contributed by atoms with Crippen molar-refractivity contribution in [3.05, 3.63) is 29.8 Å². The van der Waals surface area contributed by atoms with Gasteiger partial charge in [0.25, 0.3) is 0 Å². The molecule has 0 unspecified atom stereocenters. The lowest BCUT2D eigenvalue weighted by Gasteiger charge is -1.96. The lowest BCUT2D eigenvalue weighted by Crippen LogP contribution is -1.78. The average Bonchev–Trinajstić information content (AvgIpc) is 2.04. The first-order valence-corrected chi connectivity index (χ1v) is 4.36. The lowest BCUT2D eigenvalue weighted by atomic mass is 10.2. The quantitative estimate of drug-likeness (QED) is 0.639. The lowest BCUT2D eigenvalue weighted by molar-refractivity contribution is 0.560. The number of hydrogen-bond acceptors (Lipinski definition) is 2. The van der Waals surface area contributed by atoms with E-state index in [4.69, 9.17) is 0 Å². The number of benzene rings is 1. The molecule has 1 nitrogen and oxygen atoms in total. The summed E-state index contributed by atoms with van der Waals surface area (Å²) < 4.78 is 0. The molecular formula is C9H9OS. The van der Waals surface area contributed by atoms with Crippen LogP contribution in [-0.2, 0) is 4.79 Å². The van der Waals surface area contributed by atoms with Gasteiger partial charge in [0.1, 0.15) is 0 Å². The summed E-state index contributed by atoms with van der Waals surface area (Å²) in [5.41, 5.74) is 1.24. The number of rotatable bonds is 3. The summed E-state index contributed by atoms with van der Waals surface area (Å²) in [4.78, 5) is 11.0. The highest BCUT2D eigenvalue weighted by Crippen LogP contribution is 2.16. The maximum atomic E-state index is 9.90. The average molecular weight is 165 g/mol. The highest BCUT2D eigenvalue weighted by Gasteiger charge is 1.91.